The van der Waals surface area contributed by atoms with Gasteiger partial charge in [-0.25, -0.2) is 4.68 Å². The van der Waals surface area contributed by atoms with Crippen LogP contribution in [-0.4, -0.2) is 21.7 Å². The van der Waals surface area contributed by atoms with Crippen molar-refractivity contribution in [3.8, 4) is 11.3 Å². The summed E-state index contributed by atoms with van der Waals surface area (Å²) in [6.07, 6.45) is 0.838. The van der Waals surface area contributed by atoms with Crippen molar-refractivity contribution in [1.82, 2.24) is 15.1 Å². The topological polar surface area (TPSA) is 64.0 Å². The summed E-state index contributed by atoms with van der Waals surface area (Å²) in [5, 5.41) is 7.22. The molecule has 2 rings (SSSR count). The second-order valence-electron chi connectivity index (χ2n) is 5.36. The first-order chi connectivity index (χ1) is 10.5. The van der Waals surface area contributed by atoms with Gasteiger partial charge in [-0.2, -0.15) is 5.10 Å². The Morgan fingerprint density at radius 3 is 2.50 bits per heavy atom. The highest BCUT2D eigenvalue weighted by Crippen LogP contribution is 2.15. The Bertz CT molecular complexity index is 695. The van der Waals surface area contributed by atoms with Crippen LogP contribution in [0.2, 0.25) is 0 Å². The molecule has 2 aromatic rings. The van der Waals surface area contributed by atoms with Crippen LogP contribution in [0.15, 0.2) is 47.3 Å². The number of carbonyl (C=O) groups excluding carboxylic acids is 1. The normalized spacial score (nSPS) is 13.4. The minimum atomic E-state index is -0.648. The van der Waals surface area contributed by atoms with Gasteiger partial charge in [-0.05, 0) is 26.3 Å². The lowest BCUT2D eigenvalue weighted by Gasteiger charge is -2.17. The SMILES string of the molecule is CCC(C)NC(=O)C(C)n1nc(-c2ccccc2)ccc1=O. The molecule has 0 aliphatic heterocycles. The molecule has 0 spiro atoms. The van der Waals surface area contributed by atoms with Gasteiger partial charge in [-0.3, -0.25) is 9.59 Å². The van der Waals surface area contributed by atoms with Crippen LogP contribution in [0.25, 0.3) is 11.3 Å². The first-order valence-corrected chi connectivity index (χ1v) is 7.48. The van der Waals surface area contributed by atoms with Gasteiger partial charge in [0.2, 0.25) is 5.91 Å². The predicted molar refractivity (Wildman–Crippen MR) is 86.5 cm³/mol. The lowest BCUT2D eigenvalue weighted by atomic mass is 10.1. The molecule has 1 amide bonds. The summed E-state index contributed by atoms with van der Waals surface area (Å²) in [4.78, 5) is 24.2. The van der Waals surface area contributed by atoms with Crippen LogP contribution in [0.3, 0.4) is 0 Å². The fourth-order valence-corrected chi connectivity index (χ4v) is 2.04. The summed E-state index contributed by atoms with van der Waals surface area (Å²) < 4.78 is 1.24. The second kappa shape index (κ2) is 7.02. The van der Waals surface area contributed by atoms with Gasteiger partial charge in [0.15, 0.2) is 0 Å². The number of hydrogen-bond donors (Lipinski definition) is 1. The van der Waals surface area contributed by atoms with Crippen LogP contribution in [0.1, 0.15) is 33.2 Å². The van der Waals surface area contributed by atoms with E-state index in [1.165, 1.54) is 10.7 Å². The van der Waals surface area contributed by atoms with Crippen molar-refractivity contribution in [3.05, 3.63) is 52.8 Å². The minimum Gasteiger partial charge on any atom is -0.352 e. The molecule has 2 unspecified atom stereocenters. The molecular weight excluding hydrogens is 278 g/mol. The molecule has 0 saturated heterocycles. The van der Waals surface area contributed by atoms with Crippen molar-refractivity contribution in [1.29, 1.82) is 0 Å². The van der Waals surface area contributed by atoms with Gasteiger partial charge < -0.3 is 5.32 Å². The second-order valence-corrected chi connectivity index (χ2v) is 5.36. The van der Waals surface area contributed by atoms with Crippen LogP contribution in [0.4, 0.5) is 0 Å². The van der Waals surface area contributed by atoms with Crippen LogP contribution >= 0.6 is 0 Å². The lowest BCUT2D eigenvalue weighted by molar-refractivity contribution is -0.124. The molecule has 5 heteroatoms. The van der Waals surface area contributed by atoms with E-state index in [2.05, 4.69) is 10.4 Å². The summed E-state index contributed by atoms with van der Waals surface area (Å²) in [6.45, 7) is 5.61. The number of nitrogens with zero attached hydrogens (tertiary/aromatic N) is 2. The Kier molecular flexibility index (Phi) is 5.09. The Morgan fingerprint density at radius 2 is 1.86 bits per heavy atom. The standard InChI is InChI=1S/C17H21N3O2/c1-4-12(2)18-17(22)13(3)20-16(21)11-10-15(19-20)14-8-6-5-7-9-14/h5-13H,4H2,1-3H3,(H,18,22). The third-order valence-corrected chi connectivity index (χ3v) is 3.64. The molecule has 5 nitrogen and oxygen atoms in total. The van der Waals surface area contributed by atoms with E-state index in [1.807, 2.05) is 44.2 Å². The highest BCUT2D eigenvalue weighted by atomic mass is 16.2. The number of aromatic nitrogens is 2. The maximum Gasteiger partial charge on any atom is 0.267 e. The van der Waals surface area contributed by atoms with Crippen LogP contribution in [0.5, 0.6) is 0 Å². The molecule has 1 aromatic carbocycles. The zero-order valence-electron chi connectivity index (χ0n) is 13.1. The van der Waals surface area contributed by atoms with Gasteiger partial charge in [0.25, 0.3) is 5.56 Å². The number of hydrogen-bond acceptors (Lipinski definition) is 3. The molecule has 0 aliphatic carbocycles. The summed E-state index contributed by atoms with van der Waals surface area (Å²) in [5.41, 5.74) is 1.29. The van der Waals surface area contributed by atoms with E-state index in [1.54, 1.807) is 13.0 Å². The van der Waals surface area contributed by atoms with Crippen molar-refractivity contribution in [2.45, 2.75) is 39.3 Å². The Balaban J connectivity index is 2.31. The molecule has 1 N–H and O–H groups in total. The van der Waals surface area contributed by atoms with Crippen LogP contribution in [0, 0.1) is 0 Å². The molecule has 116 valence electrons. The largest absolute Gasteiger partial charge is 0.352 e. The van der Waals surface area contributed by atoms with E-state index in [9.17, 15) is 9.59 Å². The maximum absolute atomic E-state index is 12.2. The summed E-state index contributed by atoms with van der Waals surface area (Å²) >= 11 is 0. The van der Waals surface area contributed by atoms with Crippen LogP contribution in [-0.2, 0) is 4.79 Å². The molecular formula is C17H21N3O2. The average molecular weight is 299 g/mol. The number of rotatable bonds is 5. The van der Waals surface area contributed by atoms with Gasteiger partial charge in [0.05, 0.1) is 5.69 Å². The van der Waals surface area contributed by atoms with Crippen molar-refractivity contribution >= 4 is 5.91 Å². The zero-order chi connectivity index (χ0) is 16.1. The lowest BCUT2D eigenvalue weighted by Crippen LogP contribution is -2.40. The number of amides is 1. The van der Waals surface area contributed by atoms with E-state index >= 15 is 0 Å². The monoisotopic (exact) mass is 299 g/mol. The number of benzene rings is 1. The molecule has 1 heterocycles. The molecule has 0 aliphatic rings. The van der Waals surface area contributed by atoms with Crippen molar-refractivity contribution in [2.24, 2.45) is 0 Å². The van der Waals surface area contributed by atoms with Gasteiger partial charge in [0, 0.05) is 17.7 Å². The molecule has 2 atom stereocenters. The van der Waals surface area contributed by atoms with Crippen molar-refractivity contribution in [3.63, 3.8) is 0 Å². The molecule has 0 bridgehead atoms. The van der Waals surface area contributed by atoms with E-state index in [-0.39, 0.29) is 17.5 Å². The first-order valence-electron chi connectivity index (χ1n) is 7.48. The smallest absolute Gasteiger partial charge is 0.267 e. The van der Waals surface area contributed by atoms with E-state index in [0.717, 1.165) is 12.0 Å². The first kappa shape index (κ1) is 15.9. The third kappa shape index (κ3) is 3.61. The highest BCUT2D eigenvalue weighted by Gasteiger charge is 2.19. The Hall–Kier alpha value is -2.43. The zero-order valence-corrected chi connectivity index (χ0v) is 13.1. The van der Waals surface area contributed by atoms with Gasteiger partial charge in [-0.15, -0.1) is 0 Å². The Morgan fingerprint density at radius 1 is 1.18 bits per heavy atom. The molecule has 0 saturated carbocycles. The van der Waals surface area contributed by atoms with Crippen LogP contribution < -0.4 is 10.9 Å². The summed E-state index contributed by atoms with van der Waals surface area (Å²) in [7, 11) is 0. The summed E-state index contributed by atoms with van der Waals surface area (Å²) in [5.74, 6) is -0.200. The number of carbonyl (C=O) groups is 1. The molecule has 0 radical (unpaired) electrons. The van der Waals surface area contributed by atoms with Gasteiger partial charge in [0.1, 0.15) is 6.04 Å². The fourth-order valence-electron chi connectivity index (χ4n) is 2.04. The number of nitrogens with one attached hydrogen (secondary N) is 1. The minimum absolute atomic E-state index is 0.0722. The van der Waals surface area contributed by atoms with E-state index < -0.39 is 6.04 Å². The maximum atomic E-state index is 12.2. The predicted octanol–water partition coefficient (Wildman–Crippen LogP) is 2.39. The third-order valence-electron chi connectivity index (χ3n) is 3.64. The molecule has 22 heavy (non-hydrogen) atoms. The molecule has 1 aromatic heterocycles. The van der Waals surface area contributed by atoms with Gasteiger partial charge >= 0.3 is 0 Å². The van der Waals surface area contributed by atoms with E-state index in [0.29, 0.717) is 5.69 Å². The Labute approximate surface area is 130 Å². The fraction of sp³-hybridized carbons (Fsp3) is 0.353. The quantitative estimate of drug-likeness (QED) is 0.922. The summed E-state index contributed by atoms with van der Waals surface area (Å²) in [6, 6.07) is 12.1. The van der Waals surface area contributed by atoms with Crippen molar-refractivity contribution < 1.29 is 4.79 Å². The van der Waals surface area contributed by atoms with E-state index in [4.69, 9.17) is 0 Å². The molecule has 0 fully saturated rings. The average Bonchev–Trinajstić information content (AvgIpc) is 2.55. The van der Waals surface area contributed by atoms with Crippen molar-refractivity contribution in [2.75, 3.05) is 0 Å². The van der Waals surface area contributed by atoms with Gasteiger partial charge in [-0.1, -0.05) is 37.3 Å². The highest BCUT2D eigenvalue weighted by molar-refractivity contribution is 5.80.